The highest BCUT2D eigenvalue weighted by atomic mass is 32.2. The number of anilines is 1. The number of hydrogen-bond acceptors (Lipinski definition) is 6. The lowest BCUT2D eigenvalue weighted by Gasteiger charge is -2.22. The molecule has 1 heterocycles. The Morgan fingerprint density at radius 3 is 2.59 bits per heavy atom. The molecule has 0 saturated heterocycles. The van der Waals surface area contributed by atoms with Crippen molar-refractivity contribution < 1.29 is 27.4 Å². The third-order valence-corrected chi connectivity index (χ3v) is 9.14. The molecule has 3 aromatic rings. The van der Waals surface area contributed by atoms with Crippen molar-refractivity contribution >= 4 is 33.0 Å². The minimum Gasteiger partial charge on any atom is -0.495 e. The van der Waals surface area contributed by atoms with Gasteiger partial charge in [0.15, 0.2) is 5.03 Å². The molecule has 2 saturated carbocycles. The minimum atomic E-state index is -4.15. The molecule has 2 aliphatic carbocycles. The summed E-state index contributed by atoms with van der Waals surface area (Å²) in [6.45, 7) is 0. The summed E-state index contributed by atoms with van der Waals surface area (Å²) in [6.07, 6.45) is 5.25. The highest BCUT2D eigenvalue weighted by molar-refractivity contribution is 7.92. The lowest BCUT2D eigenvalue weighted by Crippen LogP contribution is -2.15. The summed E-state index contributed by atoms with van der Waals surface area (Å²) in [4.78, 5) is 15.4. The molecule has 1 aromatic heterocycles. The first-order chi connectivity index (χ1) is 16.2. The van der Waals surface area contributed by atoms with Crippen LogP contribution in [0.5, 0.6) is 5.75 Å². The van der Waals surface area contributed by atoms with E-state index in [-0.39, 0.29) is 16.5 Å². The number of carboxylic acids is 1. The summed E-state index contributed by atoms with van der Waals surface area (Å²) in [5, 5.41) is 10.8. The number of thiazole rings is 1. The first kappa shape index (κ1) is 22.8. The molecule has 34 heavy (non-hydrogen) atoms. The third-order valence-electron chi connectivity index (χ3n) is 6.85. The molecule has 2 N–H and O–H groups in total. The Hall–Kier alpha value is -2.98. The second-order valence-electron chi connectivity index (χ2n) is 8.84. The highest BCUT2D eigenvalue weighted by Crippen LogP contribution is 2.52. The summed E-state index contributed by atoms with van der Waals surface area (Å²) in [5.74, 6) is -0.422. The van der Waals surface area contributed by atoms with Crippen LogP contribution in [0.4, 0.5) is 10.1 Å². The number of sulfonamides is 1. The zero-order valence-electron chi connectivity index (χ0n) is 18.3. The average Bonchev–Trinajstić information content (AvgIpc) is 3.56. The number of nitrogens with zero attached hydrogens (tertiary/aromatic N) is 1. The number of fused-ring (bicyclic) bond motifs is 2. The molecule has 3 unspecified atom stereocenters. The molecule has 5 rings (SSSR count). The van der Waals surface area contributed by atoms with Crippen LogP contribution in [0, 0.1) is 17.7 Å². The SMILES string of the molecule is COc1cc(C(=O)O)c(F)cc1NS(=O)(=O)c1csc(-c2ccc(C3CC4CCC3C4)cc2)n1. The fourth-order valence-corrected chi connectivity index (χ4v) is 7.37. The van der Waals surface area contributed by atoms with Gasteiger partial charge in [0.05, 0.1) is 18.4 Å². The molecule has 7 nitrogen and oxygen atoms in total. The Balaban J connectivity index is 1.36. The minimum absolute atomic E-state index is 0.117. The number of hydrogen-bond donors (Lipinski definition) is 2. The van der Waals surface area contributed by atoms with E-state index in [2.05, 4.69) is 21.8 Å². The molecule has 2 aromatic carbocycles. The topological polar surface area (TPSA) is 106 Å². The number of carboxylic acid groups (broad SMARTS) is 1. The average molecular weight is 503 g/mol. The van der Waals surface area contributed by atoms with Gasteiger partial charge in [-0.2, -0.15) is 8.42 Å². The molecule has 10 heteroatoms. The van der Waals surface area contributed by atoms with Gasteiger partial charge in [-0.3, -0.25) is 4.72 Å². The van der Waals surface area contributed by atoms with E-state index in [0.717, 1.165) is 29.5 Å². The van der Waals surface area contributed by atoms with Crippen molar-refractivity contribution in [3.63, 3.8) is 0 Å². The van der Waals surface area contributed by atoms with Crippen LogP contribution in [0.25, 0.3) is 10.6 Å². The lowest BCUT2D eigenvalue weighted by atomic mass is 9.83. The summed E-state index contributed by atoms with van der Waals surface area (Å²) >= 11 is 1.20. The quantitative estimate of drug-likeness (QED) is 0.451. The zero-order valence-corrected chi connectivity index (χ0v) is 20.0. The Labute approximate surface area is 200 Å². The second kappa shape index (κ2) is 8.66. The number of ether oxygens (including phenoxy) is 1. The van der Waals surface area contributed by atoms with Crippen LogP contribution in [0.15, 0.2) is 46.8 Å². The number of halogens is 1. The van der Waals surface area contributed by atoms with Crippen LogP contribution in [0.2, 0.25) is 0 Å². The number of methoxy groups -OCH3 is 1. The first-order valence-corrected chi connectivity index (χ1v) is 13.3. The van der Waals surface area contributed by atoms with Gasteiger partial charge in [0.25, 0.3) is 10.0 Å². The maximum absolute atomic E-state index is 14.1. The molecule has 2 bridgehead atoms. The van der Waals surface area contributed by atoms with Gasteiger partial charge in [-0.25, -0.2) is 14.2 Å². The van der Waals surface area contributed by atoms with E-state index < -0.39 is 27.4 Å². The fourth-order valence-electron chi connectivity index (χ4n) is 5.20. The number of nitrogens with one attached hydrogen (secondary N) is 1. The summed E-state index contributed by atoms with van der Waals surface area (Å²) < 4.78 is 47.2. The van der Waals surface area contributed by atoms with Crippen molar-refractivity contribution in [3.8, 4) is 16.3 Å². The fraction of sp³-hybridized carbons (Fsp3) is 0.333. The third kappa shape index (κ3) is 4.16. The molecule has 0 spiro atoms. The van der Waals surface area contributed by atoms with Gasteiger partial charge in [-0.05, 0) is 48.6 Å². The second-order valence-corrected chi connectivity index (χ2v) is 11.3. The number of carbonyl (C=O) groups is 1. The maximum Gasteiger partial charge on any atom is 0.338 e. The molecule has 2 aliphatic rings. The lowest BCUT2D eigenvalue weighted by molar-refractivity contribution is 0.0691. The van der Waals surface area contributed by atoms with Gasteiger partial charge < -0.3 is 9.84 Å². The first-order valence-electron chi connectivity index (χ1n) is 10.9. The van der Waals surface area contributed by atoms with E-state index in [9.17, 15) is 17.6 Å². The van der Waals surface area contributed by atoms with Crippen molar-refractivity contribution in [2.75, 3.05) is 11.8 Å². The van der Waals surface area contributed by atoms with E-state index in [1.54, 1.807) is 0 Å². The van der Waals surface area contributed by atoms with Gasteiger partial charge >= 0.3 is 5.97 Å². The van der Waals surface area contributed by atoms with Crippen LogP contribution in [-0.2, 0) is 10.0 Å². The smallest absolute Gasteiger partial charge is 0.338 e. The van der Waals surface area contributed by atoms with E-state index in [1.807, 2.05) is 12.1 Å². The Morgan fingerprint density at radius 1 is 1.21 bits per heavy atom. The molecule has 2 fully saturated rings. The summed E-state index contributed by atoms with van der Waals surface area (Å²) in [6, 6.07) is 9.90. The number of aromatic nitrogens is 1. The number of rotatable bonds is 7. The molecule has 0 aliphatic heterocycles. The number of benzene rings is 2. The van der Waals surface area contributed by atoms with Crippen molar-refractivity contribution in [2.45, 2.75) is 36.6 Å². The van der Waals surface area contributed by atoms with E-state index >= 15 is 0 Å². The summed E-state index contributed by atoms with van der Waals surface area (Å²) in [7, 11) is -2.92. The molecule has 178 valence electrons. The van der Waals surface area contributed by atoms with Crippen LogP contribution >= 0.6 is 11.3 Å². The normalized spacial score (nSPS) is 21.5. The zero-order chi connectivity index (χ0) is 24.0. The van der Waals surface area contributed by atoms with Gasteiger partial charge in [0, 0.05) is 17.0 Å². The van der Waals surface area contributed by atoms with E-state index in [4.69, 9.17) is 9.84 Å². The molecular weight excluding hydrogens is 479 g/mol. The van der Waals surface area contributed by atoms with Crippen molar-refractivity contribution in [1.82, 2.24) is 4.98 Å². The van der Waals surface area contributed by atoms with Gasteiger partial charge in [-0.1, -0.05) is 30.7 Å². The van der Waals surface area contributed by atoms with E-state index in [1.165, 1.54) is 55.1 Å². The van der Waals surface area contributed by atoms with Crippen molar-refractivity contribution in [3.05, 3.63) is 58.7 Å². The predicted octanol–water partition coefficient (Wildman–Crippen LogP) is 5.36. The monoisotopic (exact) mass is 502 g/mol. The van der Waals surface area contributed by atoms with Gasteiger partial charge in [0.1, 0.15) is 16.6 Å². The molecular formula is C24H23FN2O5S2. The van der Waals surface area contributed by atoms with Gasteiger partial charge in [0.2, 0.25) is 0 Å². The molecule has 3 atom stereocenters. The standard InChI is InChI=1S/C24H23FN2O5S2/c1-32-21-10-18(24(28)29)19(25)11-20(21)27-34(30,31)22-12-33-23(26-22)15-6-4-14(5-7-15)17-9-13-2-3-16(17)8-13/h4-7,10-13,16-17,27H,2-3,8-9H2,1H3,(H,28,29). The molecule has 0 amide bonds. The predicted molar refractivity (Wildman–Crippen MR) is 126 cm³/mol. The van der Waals surface area contributed by atoms with Crippen molar-refractivity contribution in [2.24, 2.45) is 11.8 Å². The van der Waals surface area contributed by atoms with Crippen LogP contribution in [-0.4, -0.2) is 31.6 Å². The summed E-state index contributed by atoms with van der Waals surface area (Å²) in [5.41, 5.74) is 1.33. The Kier molecular flexibility index (Phi) is 5.81. The van der Waals surface area contributed by atoms with Gasteiger partial charge in [-0.15, -0.1) is 11.3 Å². The maximum atomic E-state index is 14.1. The van der Waals surface area contributed by atoms with Crippen LogP contribution in [0.3, 0.4) is 0 Å². The molecule has 0 radical (unpaired) electrons. The Morgan fingerprint density at radius 2 is 1.97 bits per heavy atom. The highest BCUT2D eigenvalue weighted by Gasteiger charge is 2.40. The Bertz CT molecular complexity index is 1350. The van der Waals surface area contributed by atoms with Crippen LogP contribution in [0.1, 0.15) is 47.5 Å². The largest absolute Gasteiger partial charge is 0.495 e. The van der Waals surface area contributed by atoms with E-state index in [0.29, 0.717) is 10.9 Å². The van der Waals surface area contributed by atoms with Crippen LogP contribution < -0.4 is 9.46 Å². The van der Waals surface area contributed by atoms with Crippen molar-refractivity contribution in [1.29, 1.82) is 0 Å². The number of aromatic carboxylic acids is 1.